The Kier molecular flexibility index (Phi) is 9.30. The molecule has 1 amide bonds. The molecule has 36 heavy (non-hydrogen) atoms. The fraction of sp³-hybridized carbons (Fsp3) is 0.310. The van der Waals surface area contributed by atoms with Crippen molar-refractivity contribution in [3.05, 3.63) is 90.0 Å². The molecule has 4 rings (SSSR count). The molecular formula is C29H34N4O2S. The number of hydrogen-bond donors (Lipinski definition) is 2. The second-order valence-corrected chi connectivity index (χ2v) is 9.34. The Morgan fingerprint density at radius 2 is 1.61 bits per heavy atom. The molecule has 0 aliphatic carbocycles. The summed E-state index contributed by atoms with van der Waals surface area (Å²) in [6, 6.07) is 25.9. The third-order valence-electron chi connectivity index (χ3n) is 6.22. The zero-order chi connectivity index (χ0) is 25.2. The van der Waals surface area contributed by atoms with E-state index in [1.165, 1.54) is 11.3 Å². The monoisotopic (exact) mass is 502 g/mol. The predicted octanol–water partition coefficient (Wildman–Crippen LogP) is 5.31. The Morgan fingerprint density at radius 1 is 0.917 bits per heavy atom. The lowest BCUT2D eigenvalue weighted by atomic mass is 10.2. The van der Waals surface area contributed by atoms with E-state index in [-0.39, 0.29) is 11.0 Å². The van der Waals surface area contributed by atoms with Crippen LogP contribution in [0.2, 0.25) is 0 Å². The number of carbonyl (C=O) groups excluding carboxylic acids is 1. The summed E-state index contributed by atoms with van der Waals surface area (Å²) in [6.07, 6.45) is 2.09. The van der Waals surface area contributed by atoms with Gasteiger partial charge in [-0.1, -0.05) is 43.7 Å². The highest BCUT2D eigenvalue weighted by molar-refractivity contribution is 7.80. The van der Waals surface area contributed by atoms with Gasteiger partial charge in [0.25, 0.3) is 5.91 Å². The molecule has 0 unspecified atom stereocenters. The van der Waals surface area contributed by atoms with Gasteiger partial charge in [0.2, 0.25) is 0 Å². The van der Waals surface area contributed by atoms with Crippen molar-refractivity contribution in [1.82, 2.24) is 10.2 Å². The summed E-state index contributed by atoms with van der Waals surface area (Å²) in [4.78, 5) is 17.4. The van der Waals surface area contributed by atoms with Gasteiger partial charge in [0.05, 0.1) is 6.61 Å². The fourth-order valence-corrected chi connectivity index (χ4v) is 4.35. The molecule has 6 nitrogen and oxygen atoms in total. The lowest BCUT2D eigenvalue weighted by Crippen LogP contribution is -2.45. The van der Waals surface area contributed by atoms with E-state index >= 15 is 0 Å². The number of rotatable bonds is 9. The molecule has 0 saturated carbocycles. The minimum Gasteiger partial charge on any atom is -0.494 e. The van der Waals surface area contributed by atoms with Crippen molar-refractivity contribution < 1.29 is 9.53 Å². The van der Waals surface area contributed by atoms with E-state index in [1.807, 2.05) is 12.1 Å². The molecule has 0 aromatic heterocycles. The van der Waals surface area contributed by atoms with Gasteiger partial charge in [0.1, 0.15) is 5.75 Å². The van der Waals surface area contributed by atoms with Gasteiger partial charge in [-0.15, -0.1) is 0 Å². The van der Waals surface area contributed by atoms with E-state index in [4.69, 9.17) is 17.0 Å². The Bertz CT molecular complexity index is 1110. The van der Waals surface area contributed by atoms with Crippen LogP contribution >= 0.6 is 12.2 Å². The van der Waals surface area contributed by atoms with Crippen molar-refractivity contribution in [2.75, 3.05) is 43.0 Å². The van der Waals surface area contributed by atoms with Crippen molar-refractivity contribution in [3.63, 3.8) is 0 Å². The maximum absolute atomic E-state index is 12.5. The van der Waals surface area contributed by atoms with Gasteiger partial charge < -0.3 is 15.0 Å². The maximum Gasteiger partial charge on any atom is 0.257 e. The van der Waals surface area contributed by atoms with Crippen molar-refractivity contribution in [3.8, 4) is 5.75 Å². The zero-order valence-electron chi connectivity index (χ0n) is 20.8. The van der Waals surface area contributed by atoms with Gasteiger partial charge in [0.15, 0.2) is 5.11 Å². The van der Waals surface area contributed by atoms with Crippen LogP contribution in [-0.2, 0) is 6.54 Å². The Hall–Kier alpha value is -3.42. The summed E-state index contributed by atoms with van der Waals surface area (Å²) in [6.45, 7) is 7.87. The quantitative estimate of drug-likeness (QED) is 0.305. The number of piperazine rings is 1. The average molecular weight is 503 g/mol. The molecule has 0 spiro atoms. The average Bonchev–Trinajstić information content (AvgIpc) is 2.91. The summed E-state index contributed by atoms with van der Waals surface area (Å²) in [5.74, 6) is 0.510. The highest BCUT2D eigenvalue weighted by Gasteiger charge is 2.17. The minimum absolute atomic E-state index is 0.252. The Balaban J connectivity index is 1.22. The van der Waals surface area contributed by atoms with Gasteiger partial charge in [-0.2, -0.15) is 0 Å². The number of unbranched alkanes of at least 4 members (excludes halogenated alkanes) is 1. The van der Waals surface area contributed by atoms with Crippen LogP contribution in [0.1, 0.15) is 35.7 Å². The van der Waals surface area contributed by atoms with Gasteiger partial charge >= 0.3 is 0 Å². The van der Waals surface area contributed by atoms with Crippen LogP contribution in [0, 0.1) is 0 Å². The lowest BCUT2D eigenvalue weighted by Gasteiger charge is -2.36. The largest absolute Gasteiger partial charge is 0.494 e. The van der Waals surface area contributed by atoms with Crippen LogP contribution in [-0.4, -0.2) is 48.7 Å². The molecule has 188 valence electrons. The number of nitrogens with one attached hydrogen (secondary N) is 2. The third kappa shape index (κ3) is 7.54. The second-order valence-electron chi connectivity index (χ2n) is 8.93. The number of nitrogens with zero attached hydrogens (tertiary/aromatic N) is 2. The number of benzene rings is 3. The molecule has 1 saturated heterocycles. The van der Waals surface area contributed by atoms with Gasteiger partial charge in [0, 0.05) is 49.7 Å². The highest BCUT2D eigenvalue weighted by Crippen LogP contribution is 2.20. The molecule has 0 bridgehead atoms. The first kappa shape index (κ1) is 25.7. The number of ether oxygens (including phenoxy) is 1. The number of hydrogen-bond acceptors (Lipinski definition) is 5. The number of carbonyl (C=O) groups is 1. The van der Waals surface area contributed by atoms with E-state index in [9.17, 15) is 4.79 Å². The summed E-state index contributed by atoms with van der Waals surface area (Å²) < 4.78 is 5.65. The second kappa shape index (κ2) is 13.0. The molecule has 7 heteroatoms. The fourth-order valence-electron chi connectivity index (χ4n) is 4.14. The molecule has 1 fully saturated rings. The molecule has 2 N–H and O–H groups in total. The normalized spacial score (nSPS) is 13.8. The predicted molar refractivity (Wildman–Crippen MR) is 151 cm³/mol. The molecule has 1 aliphatic heterocycles. The standard InChI is InChI=1S/C29H34N4O2S/c1-2-3-21-35-27-15-9-24(10-16-27)28(34)31-29(36)30-25-11-13-26(14-12-25)33-19-17-32(18-20-33)22-23-7-5-4-6-8-23/h4-16H,2-3,17-22H2,1H3,(H2,30,31,34,36). The van der Waals surface area contributed by atoms with E-state index in [0.717, 1.165) is 57.0 Å². The smallest absolute Gasteiger partial charge is 0.257 e. The van der Waals surface area contributed by atoms with Crippen LogP contribution in [0.25, 0.3) is 0 Å². The molecular weight excluding hydrogens is 468 g/mol. The first-order valence-corrected chi connectivity index (χ1v) is 13.0. The van der Waals surface area contributed by atoms with Crippen LogP contribution in [0.15, 0.2) is 78.9 Å². The van der Waals surface area contributed by atoms with E-state index < -0.39 is 0 Å². The summed E-state index contributed by atoms with van der Waals surface area (Å²) >= 11 is 5.35. The van der Waals surface area contributed by atoms with E-state index in [2.05, 4.69) is 69.8 Å². The zero-order valence-corrected chi connectivity index (χ0v) is 21.6. The van der Waals surface area contributed by atoms with Crippen molar-refractivity contribution in [2.45, 2.75) is 26.3 Å². The van der Waals surface area contributed by atoms with Gasteiger partial charge in [-0.25, -0.2) is 0 Å². The maximum atomic E-state index is 12.5. The van der Waals surface area contributed by atoms with Crippen molar-refractivity contribution in [2.24, 2.45) is 0 Å². The Labute approximate surface area is 219 Å². The van der Waals surface area contributed by atoms with E-state index in [1.54, 1.807) is 24.3 Å². The van der Waals surface area contributed by atoms with Crippen LogP contribution < -0.4 is 20.3 Å². The summed E-state index contributed by atoms with van der Waals surface area (Å²) in [5, 5.41) is 6.11. The highest BCUT2D eigenvalue weighted by atomic mass is 32.1. The van der Waals surface area contributed by atoms with E-state index in [0.29, 0.717) is 12.2 Å². The molecule has 1 heterocycles. The summed E-state index contributed by atoms with van der Waals surface area (Å²) in [5.41, 5.74) is 3.92. The topological polar surface area (TPSA) is 56.8 Å². The number of thiocarbonyl (C=S) groups is 1. The minimum atomic E-state index is -0.252. The number of amides is 1. The molecule has 1 aliphatic rings. The lowest BCUT2D eigenvalue weighted by molar-refractivity contribution is 0.0977. The van der Waals surface area contributed by atoms with Crippen LogP contribution in [0.4, 0.5) is 11.4 Å². The van der Waals surface area contributed by atoms with Crippen LogP contribution in [0.5, 0.6) is 5.75 Å². The van der Waals surface area contributed by atoms with Crippen LogP contribution in [0.3, 0.4) is 0 Å². The Morgan fingerprint density at radius 3 is 2.28 bits per heavy atom. The first-order valence-electron chi connectivity index (χ1n) is 12.6. The van der Waals surface area contributed by atoms with Gasteiger partial charge in [-0.3, -0.25) is 15.0 Å². The van der Waals surface area contributed by atoms with Crippen molar-refractivity contribution >= 4 is 34.6 Å². The number of anilines is 2. The van der Waals surface area contributed by atoms with Gasteiger partial charge in [-0.05, 0) is 72.7 Å². The SMILES string of the molecule is CCCCOc1ccc(C(=O)NC(=S)Nc2ccc(N3CCN(Cc4ccccc4)CC3)cc2)cc1. The first-order chi connectivity index (χ1) is 17.6. The summed E-state index contributed by atoms with van der Waals surface area (Å²) in [7, 11) is 0. The molecule has 0 atom stereocenters. The third-order valence-corrected chi connectivity index (χ3v) is 6.43. The molecule has 3 aromatic carbocycles. The molecule has 0 radical (unpaired) electrons. The van der Waals surface area contributed by atoms with Crippen molar-refractivity contribution in [1.29, 1.82) is 0 Å². The molecule has 3 aromatic rings.